The average molecular weight is 309 g/mol. The van der Waals surface area contributed by atoms with Gasteiger partial charge in [-0.15, -0.1) is 0 Å². The maximum Gasteiger partial charge on any atom is 0.401 e. The van der Waals surface area contributed by atoms with E-state index in [1.807, 2.05) is 0 Å². The van der Waals surface area contributed by atoms with E-state index in [1.165, 1.54) is 12.4 Å². The van der Waals surface area contributed by atoms with Crippen molar-refractivity contribution >= 4 is 21.6 Å². The van der Waals surface area contributed by atoms with E-state index in [0.717, 1.165) is 0 Å². The second-order valence-electron chi connectivity index (χ2n) is 3.41. The first-order chi connectivity index (χ1) is 7.96. The summed E-state index contributed by atoms with van der Waals surface area (Å²) in [5.74, 6) is 0. The quantitative estimate of drug-likeness (QED) is 0.944. The Morgan fingerprint density at radius 3 is 2.76 bits per heavy atom. The molecule has 0 radical (unpaired) electrons. The molecule has 1 N–H and O–H groups in total. The minimum atomic E-state index is -4.21. The number of hydrogen-bond donors (Lipinski definition) is 1. The lowest BCUT2D eigenvalue weighted by molar-refractivity contribution is -0.125. The molecular formula is C9H8BrF3N4. The van der Waals surface area contributed by atoms with Crippen LogP contribution in [0.1, 0.15) is 5.69 Å². The zero-order valence-electron chi connectivity index (χ0n) is 8.50. The van der Waals surface area contributed by atoms with Crippen molar-refractivity contribution in [3.05, 3.63) is 28.9 Å². The Morgan fingerprint density at radius 1 is 1.29 bits per heavy atom. The van der Waals surface area contributed by atoms with Gasteiger partial charge in [0, 0.05) is 12.7 Å². The van der Waals surface area contributed by atoms with Gasteiger partial charge in [0.25, 0.3) is 0 Å². The first kappa shape index (κ1) is 12.3. The summed E-state index contributed by atoms with van der Waals surface area (Å²) in [6.45, 7) is -0.927. The van der Waals surface area contributed by atoms with Crippen LogP contribution in [0.25, 0.3) is 5.65 Å². The molecular weight excluding hydrogens is 301 g/mol. The smallest absolute Gasteiger partial charge is 0.303 e. The number of nitrogens with zero attached hydrogens (tertiary/aromatic N) is 3. The molecule has 0 aliphatic heterocycles. The number of hydrogen-bond acceptors (Lipinski definition) is 3. The number of fused-ring (bicyclic) bond motifs is 1. The van der Waals surface area contributed by atoms with Crippen molar-refractivity contribution in [2.75, 3.05) is 6.54 Å². The van der Waals surface area contributed by atoms with Crippen molar-refractivity contribution < 1.29 is 13.2 Å². The number of alkyl halides is 3. The third kappa shape index (κ3) is 3.16. The molecule has 2 aromatic rings. The second-order valence-corrected chi connectivity index (χ2v) is 4.22. The summed E-state index contributed by atoms with van der Waals surface area (Å²) in [5, 5.41) is 2.32. The van der Waals surface area contributed by atoms with E-state index in [1.54, 1.807) is 10.6 Å². The van der Waals surface area contributed by atoms with Crippen LogP contribution in [0.2, 0.25) is 0 Å². The third-order valence-electron chi connectivity index (χ3n) is 2.07. The Balaban J connectivity index is 2.11. The molecule has 2 rings (SSSR count). The molecule has 8 heteroatoms. The van der Waals surface area contributed by atoms with E-state index >= 15 is 0 Å². The number of rotatable bonds is 3. The molecule has 0 fully saturated rings. The Kier molecular flexibility index (Phi) is 3.34. The van der Waals surface area contributed by atoms with Crippen molar-refractivity contribution in [3.8, 4) is 0 Å². The molecule has 17 heavy (non-hydrogen) atoms. The molecule has 0 aliphatic rings. The van der Waals surface area contributed by atoms with E-state index in [2.05, 4.69) is 31.2 Å². The van der Waals surface area contributed by atoms with Gasteiger partial charge in [-0.05, 0) is 15.9 Å². The van der Waals surface area contributed by atoms with Gasteiger partial charge in [0.1, 0.15) is 4.60 Å². The van der Waals surface area contributed by atoms with Gasteiger partial charge in [0.2, 0.25) is 0 Å². The Labute approximate surface area is 103 Å². The van der Waals surface area contributed by atoms with Gasteiger partial charge in [-0.1, -0.05) is 0 Å². The van der Waals surface area contributed by atoms with Gasteiger partial charge < -0.3 is 5.32 Å². The Bertz CT molecular complexity index is 522. The standard InChI is InChI=1S/C9H8BrF3N4/c10-7-4-17-6(1-14-5-9(11,12)13)2-16-8(17)3-15-7/h2-4,14H,1,5H2. The predicted molar refractivity (Wildman–Crippen MR) is 58.4 cm³/mol. The van der Waals surface area contributed by atoms with Crippen LogP contribution in [0.5, 0.6) is 0 Å². The van der Waals surface area contributed by atoms with E-state index in [-0.39, 0.29) is 6.54 Å². The van der Waals surface area contributed by atoms with E-state index in [9.17, 15) is 13.2 Å². The molecule has 0 saturated carbocycles. The van der Waals surface area contributed by atoms with Crippen LogP contribution in [0.4, 0.5) is 13.2 Å². The topological polar surface area (TPSA) is 42.2 Å². The highest BCUT2D eigenvalue weighted by molar-refractivity contribution is 9.10. The molecule has 0 aromatic carbocycles. The minimum absolute atomic E-state index is 0.0944. The molecule has 2 aromatic heterocycles. The van der Waals surface area contributed by atoms with Crippen molar-refractivity contribution in [3.63, 3.8) is 0 Å². The van der Waals surface area contributed by atoms with Crippen molar-refractivity contribution in [2.24, 2.45) is 0 Å². The molecule has 0 bridgehead atoms. The maximum atomic E-state index is 12.0. The monoisotopic (exact) mass is 308 g/mol. The second kappa shape index (κ2) is 4.61. The molecule has 0 aliphatic carbocycles. The molecule has 0 spiro atoms. The van der Waals surface area contributed by atoms with Crippen LogP contribution in [-0.2, 0) is 6.54 Å². The molecule has 0 amide bonds. The maximum absolute atomic E-state index is 12.0. The lowest BCUT2D eigenvalue weighted by Gasteiger charge is -2.07. The zero-order valence-corrected chi connectivity index (χ0v) is 10.1. The zero-order chi connectivity index (χ0) is 12.5. The largest absolute Gasteiger partial charge is 0.401 e. The SMILES string of the molecule is FC(F)(F)CNCc1cnc2cnc(Br)cn12. The highest BCUT2D eigenvalue weighted by Crippen LogP contribution is 2.13. The number of aromatic nitrogens is 3. The van der Waals surface area contributed by atoms with Crippen molar-refractivity contribution in [1.82, 2.24) is 19.7 Å². The first-order valence-corrected chi connectivity index (χ1v) is 5.50. The van der Waals surface area contributed by atoms with Crippen LogP contribution in [-0.4, -0.2) is 27.1 Å². The molecule has 0 saturated heterocycles. The summed E-state index contributed by atoms with van der Waals surface area (Å²) in [5.41, 5.74) is 1.24. The summed E-state index contributed by atoms with van der Waals surface area (Å²) in [6, 6.07) is 0. The van der Waals surface area contributed by atoms with Gasteiger partial charge in [0.15, 0.2) is 5.65 Å². The van der Waals surface area contributed by atoms with E-state index < -0.39 is 12.7 Å². The molecule has 2 heterocycles. The highest BCUT2D eigenvalue weighted by atomic mass is 79.9. The first-order valence-electron chi connectivity index (χ1n) is 4.71. The Hall–Kier alpha value is -1.15. The summed E-state index contributed by atoms with van der Waals surface area (Å²) in [6.07, 6.45) is 0.514. The van der Waals surface area contributed by atoms with Gasteiger partial charge in [-0.25, -0.2) is 9.97 Å². The van der Waals surface area contributed by atoms with Crippen LogP contribution in [0.3, 0.4) is 0 Å². The van der Waals surface area contributed by atoms with Gasteiger partial charge >= 0.3 is 6.18 Å². The number of halogens is 4. The fraction of sp³-hybridized carbons (Fsp3) is 0.333. The van der Waals surface area contributed by atoms with E-state index in [4.69, 9.17) is 0 Å². The minimum Gasteiger partial charge on any atom is -0.303 e. The lowest BCUT2D eigenvalue weighted by atomic mass is 10.4. The Morgan fingerprint density at radius 2 is 2.06 bits per heavy atom. The fourth-order valence-corrected chi connectivity index (χ4v) is 1.69. The van der Waals surface area contributed by atoms with Crippen LogP contribution in [0.15, 0.2) is 23.2 Å². The third-order valence-corrected chi connectivity index (χ3v) is 2.48. The molecule has 0 unspecified atom stereocenters. The average Bonchev–Trinajstić information content (AvgIpc) is 2.59. The van der Waals surface area contributed by atoms with E-state index in [0.29, 0.717) is 15.9 Å². The molecule has 4 nitrogen and oxygen atoms in total. The summed E-state index contributed by atoms with van der Waals surface area (Å²) in [4.78, 5) is 8.01. The predicted octanol–water partition coefficient (Wildman–Crippen LogP) is 2.14. The number of imidazole rings is 1. The van der Waals surface area contributed by atoms with Crippen molar-refractivity contribution in [1.29, 1.82) is 0 Å². The van der Waals surface area contributed by atoms with Gasteiger partial charge in [-0.2, -0.15) is 13.2 Å². The number of nitrogens with one attached hydrogen (secondary N) is 1. The van der Waals surface area contributed by atoms with Gasteiger partial charge in [0.05, 0.1) is 24.6 Å². The highest BCUT2D eigenvalue weighted by Gasteiger charge is 2.26. The molecule has 0 atom stereocenters. The normalized spacial score (nSPS) is 12.2. The molecule has 92 valence electrons. The van der Waals surface area contributed by atoms with Crippen LogP contribution >= 0.6 is 15.9 Å². The summed E-state index contributed by atoms with van der Waals surface area (Å²) >= 11 is 3.19. The summed E-state index contributed by atoms with van der Waals surface area (Å²) in [7, 11) is 0. The summed E-state index contributed by atoms with van der Waals surface area (Å²) < 4.78 is 38.2. The van der Waals surface area contributed by atoms with Crippen LogP contribution < -0.4 is 5.32 Å². The lowest BCUT2D eigenvalue weighted by Crippen LogP contribution is -2.28. The fourth-order valence-electron chi connectivity index (χ4n) is 1.38. The van der Waals surface area contributed by atoms with Gasteiger partial charge in [-0.3, -0.25) is 4.40 Å². The van der Waals surface area contributed by atoms with Crippen LogP contribution in [0, 0.1) is 0 Å². The van der Waals surface area contributed by atoms with Crippen molar-refractivity contribution in [2.45, 2.75) is 12.7 Å².